The molecule has 2 aromatic rings. The minimum absolute atomic E-state index is 0.000185. The summed E-state index contributed by atoms with van der Waals surface area (Å²) >= 11 is 0. The maximum Gasteiger partial charge on any atom is 0.250 e. The number of phenols is 1. The molecule has 0 atom stereocenters. The smallest absolute Gasteiger partial charge is 0.250 e. The van der Waals surface area contributed by atoms with Crippen LogP contribution in [0.1, 0.15) is 17.3 Å². The Hall–Kier alpha value is -2.10. The van der Waals surface area contributed by atoms with Crippen LogP contribution in [0.3, 0.4) is 0 Å². The Labute approximate surface area is 91.8 Å². The quantitative estimate of drug-likeness (QED) is 0.735. The van der Waals surface area contributed by atoms with Crippen molar-refractivity contribution in [1.82, 2.24) is 4.57 Å². The predicted molar refractivity (Wildman–Crippen MR) is 60.9 cm³/mol. The van der Waals surface area contributed by atoms with Crippen molar-refractivity contribution >= 4 is 16.7 Å². The summed E-state index contributed by atoms with van der Waals surface area (Å²) in [6, 6.07) is 5.94. The topological polar surface area (TPSA) is 59.3 Å². The fraction of sp³-hybridized carbons (Fsp3) is 0.167. The van der Waals surface area contributed by atoms with Gasteiger partial charge in [0.2, 0.25) is 0 Å². The van der Waals surface area contributed by atoms with E-state index in [9.17, 15) is 14.7 Å². The van der Waals surface area contributed by atoms with Crippen molar-refractivity contribution in [2.75, 3.05) is 0 Å². The summed E-state index contributed by atoms with van der Waals surface area (Å²) in [4.78, 5) is 22.8. The highest BCUT2D eigenvalue weighted by Crippen LogP contribution is 2.26. The number of aryl methyl sites for hydroxylation is 1. The molecule has 2 rings (SSSR count). The molecule has 0 fully saturated rings. The lowest BCUT2D eigenvalue weighted by molar-refractivity contribution is 0.101. The second-order valence-electron chi connectivity index (χ2n) is 3.68. The average Bonchev–Trinajstić information content (AvgIpc) is 2.23. The Morgan fingerprint density at radius 1 is 1.25 bits per heavy atom. The molecule has 0 saturated carbocycles. The van der Waals surface area contributed by atoms with E-state index < -0.39 is 0 Å². The van der Waals surface area contributed by atoms with Crippen molar-refractivity contribution in [2.24, 2.45) is 7.05 Å². The summed E-state index contributed by atoms with van der Waals surface area (Å²) in [5.41, 5.74) is 0.673. The van der Waals surface area contributed by atoms with Crippen molar-refractivity contribution in [2.45, 2.75) is 6.92 Å². The Balaban J connectivity index is 3.03. The molecule has 1 aromatic heterocycles. The summed E-state index contributed by atoms with van der Waals surface area (Å²) in [6.07, 6.45) is 0. The van der Waals surface area contributed by atoms with Crippen LogP contribution in [0.5, 0.6) is 5.75 Å². The average molecular weight is 217 g/mol. The molecule has 1 heterocycles. The summed E-state index contributed by atoms with van der Waals surface area (Å²) in [6.45, 7) is 1.46. The van der Waals surface area contributed by atoms with Gasteiger partial charge in [0, 0.05) is 24.1 Å². The van der Waals surface area contributed by atoms with E-state index in [0.717, 1.165) is 0 Å². The van der Waals surface area contributed by atoms with Gasteiger partial charge < -0.3 is 9.67 Å². The highest BCUT2D eigenvalue weighted by Gasteiger charge is 2.11. The van der Waals surface area contributed by atoms with Crippen LogP contribution in [-0.2, 0) is 7.05 Å². The van der Waals surface area contributed by atoms with Gasteiger partial charge in [0.15, 0.2) is 5.78 Å². The minimum Gasteiger partial charge on any atom is -0.506 e. The molecule has 0 aliphatic heterocycles. The normalized spacial score (nSPS) is 10.6. The van der Waals surface area contributed by atoms with Crippen LogP contribution in [0.15, 0.2) is 29.1 Å². The van der Waals surface area contributed by atoms with Crippen molar-refractivity contribution in [3.05, 3.63) is 40.2 Å². The number of nitrogens with zero attached hydrogens (tertiary/aromatic N) is 1. The zero-order chi connectivity index (χ0) is 11.9. The molecule has 0 bridgehead atoms. The highest BCUT2D eigenvalue weighted by molar-refractivity contribution is 6.07. The first kappa shape index (κ1) is 10.4. The molecule has 0 saturated heterocycles. The van der Waals surface area contributed by atoms with Crippen LogP contribution in [0, 0.1) is 0 Å². The zero-order valence-corrected chi connectivity index (χ0v) is 9.02. The maximum absolute atomic E-state index is 11.4. The number of hydrogen-bond donors (Lipinski definition) is 1. The minimum atomic E-state index is -0.219. The van der Waals surface area contributed by atoms with E-state index in [2.05, 4.69) is 0 Å². The molecule has 0 aliphatic rings. The Morgan fingerprint density at radius 3 is 2.56 bits per heavy atom. The van der Waals surface area contributed by atoms with Crippen LogP contribution in [0.2, 0.25) is 0 Å². The summed E-state index contributed by atoms with van der Waals surface area (Å²) < 4.78 is 1.33. The molecule has 0 radical (unpaired) electrons. The molecule has 4 heteroatoms. The van der Waals surface area contributed by atoms with Gasteiger partial charge in [-0.15, -0.1) is 0 Å². The van der Waals surface area contributed by atoms with Gasteiger partial charge in [-0.2, -0.15) is 0 Å². The lowest BCUT2D eigenvalue weighted by Gasteiger charge is -2.09. The first-order valence-electron chi connectivity index (χ1n) is 4.85. The van der Waals surface area contributed by atoms with E-state index in [0.29, 0.717) is 16.5 Å². The number of carbonyl (C=O) groups excluding carboxylic acids is 1. The SMILES string of the molecule is CC(=O)c1ccc(O)c2c1ccc(=O)n2C. The van der Waals surface area contributed by atoms with Crippen molar-refractivity contribution < 1.29 is 9.90 Å². The van der Waals surface area contributed by atoms with Gasteiger partial charge in [-0.25, -0.2) is 0 Å². The van der Waals surface area contributed by atoms with Crippen LogP contribution in [-0.4, -0.2) is 15.5 Å². The van der Waals surface area contributed by atoms with Gasteiger partial charge in [-0.1, -0.05) is 0 Å². The summed E-state index contributed by atoms with van der Waals surface area (Å²) in [5.74, 6) is -0.0937. The van der Waals surface area contributed by atoms with Crippen molar-refractivity contribution in [1.29, 1.82) is 0 Å². The molecule has 82 valence electrons. The van der Waals surface area contributed by atoms with E-state index in [4.69, 9.17) is 0 Å². The molecule has 4 nitrogen and oxygen atoms in total. The number of hydrogen-bond acceptors (Lipinski definition) is 3. The molecule has 1 aromatic carbocycles. The molecule has 0 unspecified atom stereocenters. The molecule has 16 heavy (non-hydrogen) atoms. The number of aromatic nitrogens is 1. The molecule has 0 spiro atoms. The first-order valence-corrected chi connectivity index (χ1v) is 4.85. The fourth-order valence-electron chi connectivity index (χ4n) is 1.80. The Morgan fingerprint density at radius 2 is 1.94 bits per heavy atom. The fourth-order valence-corrected chi connectivity index (χ4v) is 1.80. The number of ketones is 1. The Kier molecular flexibility index (Phi) is 2.27. The number of Topliss-reactive ketones (excluding diaryl/α,β-unsaturated/α-hetero) is 1. The van der Waals surface area contributed by atoms with E-state index in [1.54, 1.807) is 19.2 Å². The number of pyridine rings is 1. The van der Waals surface area contributed by atoms with Gasteiger partial charge in [-0.3, -0.25) is 9.59 Å². The highest BCUT2D eigenvalue weighted by atomic mass is 16.3. The van der Waals surface area contributed by atoms with Crippen molar-refractivity contribution in [3.8, 4) is 5.75 Å². The second-order valence-corrected chi connectivity index (χ2v) is 3.68. The molecular formula is C12H11NO3. The molecule has 0 amide bonds. The number of benzene rings is 1. The molecule has 0 aliphatic carbocycles. The van der Waals surface area contributed by atoms with Crippen LogP contribution in [0.4, 0.5) is 0 Å². The number of carbonyl (C=O) groups is 1. The second kappa shape index (κ2) is 3.48. The number of aromatic hydroxyl groups is 1. The van der Waals surface area contributed by atoms with Crippen LogP contribution >= 0.6 is 0 Å². The molecule has 1 N–H and O–H groups in total. The van der Waals surface area contributed by atoms with E-state index >= 15 is 0 Å². The largest absolute Gasteiger partial charge is 0.506 e. The number of phenolic OH excluding ortho intramolecular Hbond substituents is 1. The maximum atomic E-state index is 11.4. The molecular weight excluding hydrogens is 206 g/mol. The van der Waals surface area contributed by atoms with E-state index in [1.165, 1.54) is 23.6 Å². The van der Waals surface area contributed by atoms with Gasteiger partial charge in [0.25, 0.3) is 5.56 Å². The zero-order valence-electron chi connectivity index (χ0n) is 9.02. The van der Waals surface area contributed by atoms with Crippen molar-refractivity contribution in [3.63, 3.8) is 0 Å². The Bertz CT molecular complexity index is 640. The first-order chi connectivity index (χ1) is 7.52. The summed E-state index contributed by atoms with van der Waals surface area (Å²) in [7, 11) is 1.56. The lowest BCUT2D eigenvalue weighted by Crippen LogP contribution is -2.15. The van der Waals surface area contributed by atoms with Gasteiger partial charge >= 0.3 is 0 Å². The standard InChI is InChI=1S/C12H11NO3/c1-7(14)8-3-5-10(15)12-9(8)4-6-11(16)13(12)2/h3-6,15H,1-2H3. The third kappa shape index (κ3) is 1.39. The van der Waals surface area contributed by atoms with Gasteiger partial charge in [0.05, 0.1) is 5.52 Å². The lowest BCUT2D eigenvalue weighted by atomic mass is 10.0. The van der Waals surface area contributed by atoms with Crippen LogP contribution < -0.4 is 5.56 Å². The third-order valence-corrected chi connectivity index (χ3v) is 2.63. The van der Waals surface area contributed by atoms with Crippen LogP contribution in [0.25, 0.3) is 10.9 Å². The summed E-state index contributed by atoms with van der Waals surface area (Å²) in [5, 5.41) is 10.3. The van der Waals surface area contributed by atoms with E-state index in [-0.39, 0.29) is 17.1 Å². The number of rotatable bonds is 1. The van der Waals surface area contributed by atoms with Gasteiger partial charge in [0.1, 0.15) is 5.75 Å². The monoisotopic (exact) mass is 217 g/mol. The van der Waals surface area contributed by atoms with Gasteiger partial charge in [-0.05, 0) is 25.1 Å². The number of fused-ring (bicyclic) bond motifs is 1. The van der Waals surface area contributed by atoms with E-state index in [1.807, 2.05) is 0 Å². The third-order valence-electron chi connectivity index (χ3n) is 2.63. The predicted octanol–water partition coefficient (Wildman–Crippen LogP) is 1.45.